The molecule has 1 aromatic carbocycles. The SMILES string of the molecule is COc1ccc(C2(C(C)=O)COC2)c(OC)c1C. The molecule has 4 heteroatoms. The van der Waals surface area contributed by atoms with Crippen LogP contribution in [-0.4, -0.2) is 33.2 Å². The van der Waals surface area contributed by atoms with E-state index in [2.05, 4.69) is 0 Å². The summed E-state index contributed by atoms with van der Waals surface area (Å²) in [7, 11) is 3.23. The molecule has 0 aromatic heterocycles. The molecule has 2 rings (SSSR count). The van der Waals surface area contributed by atoms with Crippen molar-refractivity contribution in [2.45, 2.75) is 19.3 Å². The predicted molar refractivity (Wildman–Crippen MR) is 67.5 cm³/mol. The zero-order valence-corrected chi connectivity index (χ0v) is 11.2. The van der Waals surface area contributed by atoms with Gasteiger partial charge in [-0.05, 0) is 19.9 Å². The molecule has 0 radical (unpaired) electrons. The number of ketones is 1. The van der Waals surface area contributed by atoms with Crippen LogP contribution in [0.25, 0.3) is 0 Å². The van der Waals surface area contributed by atoms with Crippen LogP contribution >= 0.6 is 0 Å². The van der Waals surface area contributed by atoms with Crippen LogP contribution in [0, 0.1) is 6.92 Å². The molecule has 1 fully saturated rings. The van der Waals surface area contributed by atoms with Crippen molar-refractivity contribution in [3.05, 3.63) is 23.3 Å². The molecule has 0 aliphatic carbocycles. The summed E-state index contributed by atoms with van der Waals surface area (Å²) in [4.78, 5) is 11.9. The second kappa shape index (κ2) is 4.61. The first-order valence-electron chi connectivity index (χ1n) is 5.87. The van der Waals surface area contributed by atoms with Crippen LogP contribution in [0.5, 0.6) is 11.5 Å². The number of rotatable bonds is 4. The molecular weight excluding hydrogens is 232 g/mol. The first-order chi connectivity index (χ1) is 8.56. The van der Waals surface area contributed by atoms with E-state index in [1.54, 1.807) is 21.1 Å². The molecule has 98 valence electrons. The second-order valence-electron chi connectivity index (χ2n) is 4.60. The van der Waals surface area contributed by atoms with Gasteiger partial charge in [-0.25, -0.2) is 0 Å². The summed E-state index contributed by atoms with van der Waals surface area (Å²) in [5.41, 5.74) is 1.25. The summed E-state index contributed by atoms with van der Waals surface area (Å²) in [6, 6.07) is 3.77. The van der Waals surface area contributed by atoms with Crippen LogP contribution in [0.2, 0.25) is 0 Å². The average molecular weight is 250 g/mol. The lowest BCUT2D eigenvalue weighted by Crippen LogP contribution is -2.52. The molecule has 1 heterocycles. The van der Waals surface area contributed by atoms with Crippen molar-refractivity contribution in [3.8, 4) is 11.5 Å². The first-order valence-corrected chi connectivity index (χ1v) is 5.87. The molecular formula is C14H18O4. The van der Waals surface area contributed by atoms with Gasteiger partial charge in [0.25, 0.3) is 0 Å². The van der Waals surface area contributed by atoms with Crippen LogP contribution < -0.4 is 9.47 Å². The van der Waals surface area contributed by atoms with E-state index in [0.717, 1.165) is 16.9 Å². The molecule has 0 unspecified atom stereocenters. The molecule has 0 spiro atoms. The van der Waals surface area contributed by atoms with Crippen LogP contribution in [0.3, 0.4) is 0 Å². The Hall–Kier alpha value is -1.55. The van der Waals surface area contributed by atoms with Crippen molar-refractivity contribution in [1.29, 1.82) is 0 Å². The Balaban J connectivity index is 2.57. The number of hydrogen-bond acceptors (Lipinski definition) is 4. The summed E-state index contributed by atoms with van der Waals surface area (Å²) in [6.45, 7) is 4.37. The fourth-order valence-corrected chi connectivity index (χ4v) is 2.39. The van der Waals surface area contributed by atoms with E-state index in [-0.39, 0.29) is 5.78 Å². The lowest BCUT2D eigenvalue weighted by atomic mass is 9.74. The van der Waals surface area contributed by atoms with Gasteiger partial charge >= 0.3 is 0 Å². The fraction of sp³-hybridized carbons (Fsp3) is 0.500. The molecule has 1 saturated heterocycles. The van der Waals surface area contributed by atoms with Crippen molar-refractivity contribution in [2.24, 2.45) is 0 Å². The van der Waals surface area contributed by atoms with Crippen LogP contribution in [0.1, 0.15) is 18.1 Å². The molecule has 0 amide bonds. The van der Waals surface area contributed by atoms with E-state index >= 15 is 0 Å². The molecule has 18 heavy (non-hydrogen) atoms. The van der Waals surface area contributed by atoms with Gasteiger partial charge in [0.2, 0.25) is 0 Å². The Morgan fingerprint density at radius 1 is 1.28 bits per heavy atom. The Morgan fingerprint density at radius 3 is 2.33 bits per heavy atom. The largest absolute Gasteiger partial charge is 0.496 e. The monoisotopic (exact) mass is 250 g/mol. The number of ether oxygens (including phenoxy) is 3. The topological polar surface area (TPSA) is 44.8 Å². The van der Waals surface area contributed by atoms with Crippen LogP contribution in [-0.2, 0) is 14.9 Å². The predicted octanol–water partition coefficient (Wildman–Crippen LogP) is 1.87. The summed E-state index contributed by atoms with van der Waals surface area (Å²) in [5.74, 6) is 1.58. The normalized spacial score (nSPS) is 16.9. The zero-order chi connectivity index (χ0) is 13.3. The third-order valence-corrected chi connectivity index (χ3v) is 3.67. The van der Waals surface area contributed by atoms with Gasteiger partial charge in [0.15, 0.2) is 0 Å². The highest BCUT2D eigenvalue weighted by atomic mass is 16.5. The van der Waals surface area contributed by atoms with E-state index in [4.69, 9.17) is 14.2 Å². The maximum atomic E-state index is 11.9. The van der Waals surface area contributed by atoms with Crippen molar-refractivity contribution in [2.75, 3.05) is 27.4 Å². The van der Waals surface area contributed by atoms with Gasteiger partial charge in [-0.3, -0.25) is 4.79 Å². The number of carbonyl (C=O) groups excluding carboxylic acids is 1. The summed E-state index contributed by atoms with van der Waals surface area (Å²) < 4.78 is 16.0. The minimum absolute atomic E-state index is 0.108. The van der Waals surface area contributed by atoms with Crippen LogP contribution in [0.4, 0.5) is 0 Å². The minimum atomic E-state index is -0.553. The highest BCUT2D eigenvalue weighted by Gasteiger charge is 2.47. The Bertz CT molecular complexity index is 475. The van der Waals surface area contributed by atoms with E-state index in [1.165, 1.54) is 0 Å². The summed E-state index contributed by atoms with van der Waals surface area (Å²) >= 11 is 0. The van der Waals surface area contributed by atoms with E-state index in [9.17, 15) is 4.79 Å². The lowest BCUT2D eigenvalue weighted by molar-refractivity contribution is -0.140. The third-order valence-electron chi connectivity index (χ3n) is 3.67. The van der Waals surface area contributed by atoms with Crippen molar-refractivity contribution in [3.63, 3.8) is 0 Å². The van der Waals surface area contributed by atoms with Gasteiger partial charge in [0.05, 0.1) is 27.4 Å². The average Bonchev–Trinajstić information content (AvgIpc) is 2.27. The summed E-state index contributed by atoms with van der Waals surface area (Å²) in [6.07, 6.45) is 0. The van der Waals surface area contributed by atoms with Gasteiger partial charge in [-0.15, -0.1) is 0 Å². The summed E-state index contributed by atoms with van der Waals surface area (Å²) in [5, 5.41) is 0. The first kappa shape index (κ1) is 12.9. The third kappa shape index (κ3) is 1.68. The molecule has 0 saturated carbocycles. The number of hydrogen-bond donors (Lipinski definition) is 0. The smallest absolute Gasteiger partial charge is 0.145 e. The van der Waals surface area contributed by atoms with Gasteiger partial charge < -0.3 is 14.2 Å². The van der Waals surface area contributed by atoms with E-state index in [0.29, 0.717) is 19.0 Å². The van der Waals surface area contributed by atoms with Gasteiger partial charge in [0, 0.05) is 11.1 Å². The zero-order valence-electron chi connectivity index (χ0n) is 11.2. The molecule has 0 atom stereocenters. The second-order valence-corrected chi connectivity index (χ2v) is 4.60. The van der Waals surface area contributed by atoms with Gasteiger partial charge in [0.1, 0.15) is 22.7 Å². The highest BCUT2D eigenvalue weighted by molar-refractivity contribution is 5.90. The van der Waals surface area contributed by atoms with Crippen molar-refractivity contribution in [1.82, 2.24) is 0 Å². The minimum Gasteiger partial charge on any atom is -0.496 e. The maximum absolute atomic E-state index is 11.9. The van der Waals surface area contributed by atoms with Gasteiger partial charge in [-0.2, -0.15) is 0 Å². The Morgan fingerprint density at radius 2 is 1.94 bits per heavy atom. The lowest BCUT2D eigenvalue weighted by Gasteiger charge is -2.40. The molecule has 1 aromatic rings. The molecule has 0 N–H and O–H groups in total. The molecule has 1 aliphatic heterocycles. The van der Waals surface area contributed by atoms with E-state index in [1.807, 2.05) is 19.1 Å². The van der Waals surface area contributed by atoms with Crippen LogP contribution in [0.15, 0.2) is 12.1 Å². The van der Waals surface area contributed by atoms with E-state index < -0.39 is 5.41 Å². The highest BCUT2D eigenvalue weighted by Crippen LogP contribution is 2.42. The van der Waals surface area contributed by atoms with Crippen molar-refractivity contribution < 1.29 is 19.0 Å². The molecule has 1 aliphatic rings. The Labute approximate surface area is 107 Å². The Kier molecular flexibility index (Phi) is 3.30. The number of Topliss-reactive ketones (excluding diaryl/α,β-unsaturated/α-hetero) is 1. The number of carbonyl (C=O) groups is 1. The fourth-order valence-electron chi connectivity index (χ4n) is 2.39. The molecule has 0 bridgehead atoms. The van der Waals surface area contributed by atoms with Gasteiger partial charge in [-0.1, -0.05) is 6.07 Å². The number of methoxy groups -OCH3 is 2. The standard InChI is InChI=1S/C14H18O4/c1-9-12(16-3)6-5-11(13(9)17-4)14(10(2)15)7-18-8-14/h5-6H,7-8H2,1-4H3. The van der Waals surface area contributed by atoms with Crippen molar-refractivity contribution >= 4 is 5.78 Å². The molecule has 4 nitrogen and oxygen atoms in total. The number of benzene rings is 1. The maximum Gasteiger partial charge on any atom is 0.145 e. The quantitative estimate of drug-likeness (QED) is 0.818.